The van der Waals surface area contributed by atoms with Gasteiger partial charge in [-0.2, -0.15) is 0 Å². The third-order valence-electron chi connectivity index (χ3n) is 5.00. The van der Waals surface area contributed by atoms with Crippen molar-refractivity contribution in [3.63, 3.8) is 0 Å². The van der Waals surface area contributed by atoms with Gasteiger partial charge in [0, 0.05) is 24.5 Å². The molecule has 1 atom stereocenters. The van der Waals surface area contributed by atoms with Gasteiger partial charge in [-0.1, -0.05) is 10.9 Å². The Morgan fingerprint density at radius 2 is 2.00 bits per heavy atom. The molecule has 2 heterocycles. The molecule has 1 aliphatic rings. The molecule has 1 fully saturated rings. The van der Waals surface area contributed by atoms with Gasteiger partial charge in [-0.3, -0.25) is 14.4 Å². The summed E-state index contributed by atoms with van der Waals surface area (Å²) in [4.78, 5) is 43.4. The van der Waals surface area contributed by atoms with Crippen LogP contribution in [0.25, 0.3) is 15.7 Å². The Morgan fingerprint density at radius 1 is 1.29 bits per heavy atom. The molecule has 0 spiro atoms. The van der Waals surface area contributed by atoms with Gasteiger partial charge in [0.05, 0.1) is 11.9 Å². The molecule has 0 radical (unpaired) electrons. The summed E-state index contributed by atoms with van der Waals surface area (Å²) >= 11 is 0. The average molecular weight is 430 g/mol. The lowest BCUT2D eigenvalue weighted by Gasteiger charge is -2.20. The SMILES string of the molecule is C#[N+][C@]1(Cc2cn(CP(=O)(O)O)c3cccc(OP(=O)(O)O)c23)CCCN1C. The summed E-state index contributed by atoms with van der Waals surface area (Å²) in [6.45, 7) is 6.48. The van der Waals surface area contributed by atoms with Gasteiger partial charge in [-0.25, -0.2) is 9.46 Å². The molecule has 1 saturated heterocycles. The largest absolute Gasteiger partial charge is 0.524 e. The van der Waals surface area contributed by atoms with E-state index in [1.165, 1.54) is 16.7 Å². The van der Waals surface area contributed by atoms with Crippen molar-refractivity contribution < 1.29 is 33.2 Å². The van der Waals surface area contributed by atoms with Crippen molar-refractivity contribution in [3.05, 3.63) is 34.8 Å². The summed E-state index contributed by atoms with van der Waals surface area (Å²) in [6.07, 6.45) is 2.84. The summed E-state index contributed by atoms with van der Waals surface area (Å²) in [7, 11) is -7.35. The van der Waals surface area contributed by atoms with Gasteiger partial charge in [0.1, 0.15) is 12.0 Å². The van der Waals surface area contributed by atoms with Crippen LogP contribution >= 0.6 is 15.4 Å². The Labute approximate surface area is 161 Å². The molecule has 0 aliphatic carbocycles. The van der Waals surface area contributed by atoms with Gasteiger partial charge in [0.15, 0.2) is 0 Å². The number of nitrogens with zero attached hydrogens (tertiary/aromatic N) is 3. The maximum atomic E-state index is 11.6. The second-order valence-electron chi connectivity index (χ2n) is 6.98. The van der Waals surface area contributed by atoms with Gasteiger partial charge in [-0.05, 0) is 31.2 Å². The molecule has 12 heteroatoms. The van der Waals surface area contributed by atoms with Crippen LogP contribution in [0.2, 0.25) is 0 Å². The third-order valence-corrected chi connectivity index (χ3v) is 6.10. The Hall–Kier alpha value is -1.69. The fraction of sp³-hybridized carbons (Fsp3) is 0.438. The first-order chi connectivity index (χ1) is 12.9. The number of fused-ring (bicyclic) bond motifs is 1. The van der Waals surface area contributed by atoms with Crippen LogP contribution < -0.4 is 4.52 Å². The zero-order valence-electron chi connectivity index (χ0n) is 15.2. The number of phosphoric ester groups is 1. The van der Waals surface area contributed by atoms with Crippen LogP contribution in [0, 0.1) is 6.57 Å². The van der Waals surface area contributed by atoms with Crippen LogP contribution in [-0.2, 0) is 21.8 Å². The lowest BCUT2D eigenvalue weighted by molar-refractivity contribution is 0.226. The van der Waals surface area contributed by atoms with E-state index in [4.69, 9.17) is 11.1 Å². The van der Waals surface area contributed by atoms with Crippen LogP contribution in [0.1, 0.15) is 18.4 Å². The van der Waals surface area contributed by atoms with E-state index in [9.17, 15) is 28.7 Å². The highest BCUT2D eigenvalue weighted by molar-refractivity contribution is 7.50. The van der Waals surface area contributed by atoms with Crippen LogP contribution in [0.5, 0.6) is 5.75 Å². The zero-order chi connectivity index (χ0) is 20.7. The fourth-order valence-corrected chi connectivity index (χ4v) is 4.83. The summed E-state index contributed by atoms with van der Waals surface area (Å²) < 4.78 is 29.2. The molecule has 1 aromatic heterocycles. The molecule has 2 aromatic rings. The maximum Gasteiger partial charge on any atom is 0.524 e. The first kappa shape index (κ1) is 21.0. The molecule has 1 aliphatic heterocycles. The van der Waals surface area contributed by atoms with E-state index in [0.29, 0.717) is 29.3 Å². The minimum atomic E-state index is -4.84. The number of benzene rings is 1. The predicted molar refractivity (Wildman–Crippen MR) is 103 cm³/mol. The molecule has 0 bridgehead atoms. The van der Waals surface area contributed by atoms with Crippen LogP contribution in [0.3, 0.4) is 0 Å². The Balaban J connectivity index is 2.18. The van der Waals surface area contributed by atoms with E-state index < -0.39 is 27.4 Å². The molecule has 10 nitrogen and oxygen atoms in total. The molecular weight excluding hydrogens is 408 g/mol. The highest BCUT2D eigenvalue weighted by Crippen LogP contribution is 2.45. The molecule has 152 valence electrons. The molecule has 0 unspecified atom stereocenters. The Kier molecular flexibility index (Phi) is 5.47. The summed E-state index contributed by atoms with van der Waals surface area (Å²) in [5.41, 5.74) is 0.253. The molecule has 4 N–H and O–H groups in total. The molecule has 1 aromatic carbocycles. The lowest BCUT2D eigenvalue weighted by Crippen LogP contribution is -2.40. The van der Waals surface area contributed by atoms with Crippen molar-refractivity contribution >= 4 is 26.3 Å². The Morgan fingerprint density at radius 3 is 2.54 bits per heavy atom. The molecular formula is C16H22N3O7P2+. The summed E-state index contributed by atoms with van der Waals surface area (Å²) in [6, 6.07) is 4.50. The van der Waals surface area contributed by atoms with Crippen molar-refractivity contribution in [2.45, 2.75) is 31.2 Å². The number of phosphoric acid groups is 1. The quantitative estimate of drug-likeness (QED) is 0.512. The lowest BCUT2D eigenvalue weighted by atomic mass is 9.97. The normalized spacial score (nSPS) is 21.1. The van der Waals surface area contributed by atoms with Crippen molar-refractivity contribution in [1.29, 1.82) is 0 Å². The second-order valence-corrected chi connectivity index (χ2v) is 9.75. The highest BCUT2D eigenvalue weighted by Gasteiger charge is 2.49. The van der Waals surface area contributed by atoms with Gasteiger partial charge in [0.25, 0.3) is 6.57 Å². The zero-order valence-corrected chi connectivity index (χ0v) is 17.0. The topological polar surface area (TPSA) is 137 Å². The van der Waals surface area contributed by atoms with Crippen LogP contribution in [0.15, 0.2) is 24.4 Å². The first-order valence-corrected chi connectivity index (χ1v) is 11.8. The Bertz CT molecular complexity index is 1030. The monoisotopic (exact) mass is 430 g/mol. The third kappa shape index (κ3) is 4.32. The number of likely N-dealkylation sites (tertiary alicyclic amines) is 1. The predicted octanol–water partition coefficient (Wildman–Crippen LogP) is 2.18. The van der Waals surface area contributed by atoms with E-state index in [0.717, 1.165) is 13.0 Å². The van der Waals surface area contributed by atoms with E-state index >= 15 is 0 Å². The summed E-state index contributed by atoms with van der Waals surface area (Å²) in [5, 5.41) is 0.364. The van der Waals surface area contributed by atoms with Crippen LogP contribution in [0.4, 0.5) is 0 Å². The molecule has 0 amide bonds. The van der Waals surface area contributed by atoms with Crippen molar-refractivity contribution in [1.82, 2.24) is 9.47 Å². The number of likely N-dealkylation sites (N-methyl/N-ethyl adjacent to an activating group) is 1. The van der Waals surface area contributed by atoms with E-state index in [-0.39, 0.29) is 5.75 Å². The second kappa shape index (κ2) is 7.29. The van der Waals surface area contributed by atoms with Gasteiger partial charge in [0.2, 0.25) is 0 Å². The van der Waals surface area contributed by atoms with Crippen molar-refractivity contribution in [3.8, 4) is 12.3 Å². The van der Waals surface area contributed by atoms with Crippen molar-refractivity contribution in [2.75, 3.05) is 13.6 Å². The van der Waals surface area contributed by atoms with Crippen LogP contribution in [-0.4, -0.2) is 48.3 Å². The fourth-order valence-electron chi connectivity index (χ4n) is 3.79. The van der Waals surface area contributed by atoms with E-state index in [1.54, 1.807) is 12.3 Å². The van der Waals surface area contributed by atoms with Gasteiger partial charge >= 0.3 is 21.1 Å². The minimum Gasteiger partial charge on any atom is -0.404 e. The minimum absolute atomic E-state index is 0.0712. The number of hydrogen-bond acceptors (Lipinski definition) is 4. The molecule has 3 rings (SSSR count). The highest BCUT2D eigenvalue weighted by atomic mass is 31.2. The van der Waals surface area contributed by atoms with Crippen molar-refractivity contribution in [2.24, 2.45) is 0 Å². The molecule has 0 saturated carbocycles. The van der Waals surface area contributed by atoms with Gasteiger partial charge < -0.3 is 18.9 Å². The summed E-state index contributed by atoms with van der Waals surface area (Å²) in [5.74, 6) is -0.0712. The standard InChI is InChI=1S/C16H21N3O7P2/c1-17-16(7-4-8-18(16)2)9-12-10-19(11-27(20,21)22)13-5-3-6-14(15(12)13)26-28(23,24)25/h1,3,5-6,10H,4,7-9,11H2,2H3,(H3-,20,21,22,23,24,25)/p+1/t16-/m1/s1. The maximum absolute atomic E-state index is 11.6. The smallest absolute Gasteiger partial charge is 0.404 e. The van der Waals surface area contributed by atoms with E-state index in [1.807, 2.05) is 11.9 Å². The average Bonchev–Trinajstić information content (AvgIpc) is 3.07. The number of rotatable bonds is 6. The molecule has 28 heavy (non-hydrogen) atoms. The van der Waals surface area contributed by atoms with E-state index in [2.05, 4.69) is 4.85 Å². The van der Waals surface area contributed by atoms with Gasteiger partial charge in [-0.15, -0.1) is 0 Å². The number of aromatic nitrogens is 1. The first-order valence-electron chi connectivity index (χ1n) is 8.48. The number of hydrogen-bond donors (Lipinski definition) is 4.